The molecular formula is C13H20N2O2. The van der Waals surface area contributed by atoms with E-state index in [2.05, 4.69) is 5.32 Å². The summed E-state index contributed by atoms with van der Waals surface area (Å²) in [5.41, 5.74) is 7.00. The number of carbonyl (C=O) groups is 1. The summed E-state index contributed by atoms with van der Waals surface area (Å²) in [5, 5.41) is 12.3. The molecule has 94 valence electrons. The van der Waals surface area contributed by atoms with Crippen molar-refractivity contribution in [2.24, 2.45) is 11.7 Å². The van der Waals surface area contributed by atoms with Crippen molar-refractivity contribution in [1.29, 1.82) is 0 Å². The van der Waals surface area contributed by atoms with Crippen molar-refractivity contribution in [1.82, 2.24) is 0 Å². The zero-order chi connectivity index (χ0) is 12.8. The summed E-state index contributed by atoms with van der Waals surface area (Å²) < 4.78 is 0. The zero-order valence-corrected chi connectivity index (χ0v) is 10.4. The SMILES string of the molecule is CCc1ccc(O)c(NC(=O)CC(C)CN)c1. The molecule has 0 aromatic heterocycles. The van der Waals surface area contributed by atoms with Gasteiger partial charge >= 0.3 is 0 Å². The normalized spacial score (nSPS) is 12.2. The van der Waals surface area contributed by atoms with Gasteiger partial charge in [-0.25, -0.2) is 0 Å². The fourth-order valence-corrected chi connectivity index (χ4v) is 1.50. The molecule has 1 rings (SSSR count). The van der Waals surface area contributed by atoms with Crippen LogP contribution in [0.2, 0.25) is 0 Å². The summed E-state index contributed by atoms with van der Waals surface area (Å²) >= 11 is 0. The molecule has 0 saturated carbocycles. The predicted octanol–water partition coefficient (Wildman–Crippen LogP) is 1.88. The highest BCUT2D eigenvalue weighted by atomic mass is 16.3. The number of phenols is 1. The molecular weight excluding hydrogens is 216 g/mol. The van der Waals surface area contributed by atoms with Crippen LogP contribution in [0.15, 0.2) is 18.2 Å². The van der Waals surface area contributed by atoms with Gasteiger partial charge < -0.3 is 16.2 Å². The van der Waals surface area contributed by atoms with Crippen molar-refractivity contribution in [3.05, 3.63) is 23.8 Å². The number of aromatic hydroxyl groups is 1. The number of phenolic OH excluding ortho intramolecular Hbond substituents is 1. The Labute approximate surface area is 102 Å². The molecule has 1 aromatic rings. The molecule has 0 heterocycles. The van der Waals surface area contributed by atoms with Crippen LogP contribution in [0.3, 0.4) is 0 Å². The van der Waals surface area contributed by atoms with Gasteiger partial charge in [-0.15, -0.1) is 0 Å². The molecule has 1 aromatic carbocycles. The number of benzene rings is 1. The maximum absolute atomic E-state index is 11.7. The van der Waals surface area contributed by atoms with E-state index < -0.39 is 0 Å². The maximum Gasteiger partial charge on any atom is 0.224 e. The number of nitrogens with two attached hydrogens (primary N) is 1. The predicted molar refractivity (Wildman–Crippen MR) is 68.9 cm³/mol. The van der Waals surface area contributed by atoms with Gasteiger partial charge in [0.2, 0.25) is 5.91 Å². The number of amides is 1. The Hall–Kier alpha value is -1.55. The van der Waals surface area contributed by atoms with Crippen molar-refractivity contribution in [3.8, 4) is 5.75 Å². The summed E-state index contributed by atoms with van der Waals surface area (Å²) in [6.45, 7) is 4.42. The van der Waals surface area contributed by atoms with Gasteiger partial charge in [0.15, 0.2) is 0 Å². The van der Waals surface area contributed by atoms with E-state index in [1.54, 1.807) is 12.1 Å². The lowest BCUT2D eigenvalue weighted by atomic mass is 10.1. The summed E-state index contributed by atoms with van der Waals surface area (Å²) in [6, 6.07) is 5.23. The van der Waals surface area contributed by atoms with Crippen LogP contribution in [0.25, 0.3) is 0 Å². The van der Waals surface area contributed by atoms with Gasteiger partial charge in [-0.05, 0) is 36.6 Å². The molecule has 1 atom stereocenters. The number of carbonyl (C=O) groups excluding carboxylic acids is 1. The molecule has 1 amide bonds. The van der Waals surface area contributed by atoms with Crippen molar-refractivity contribution in [2.75, 3.05) is 11.9 Å². The summed E-state index contributed by atoms with van der Waals surface area (Å²) in [6.07, 6.45) is 1.23. The molecule has 4 heteroatoms. The molecule has 0 saturated heterocycles. The van der Waals surface area contributed by atoms with E-state index in [9.17, 15) is 9.90 Å². The third-order valence-corrected chi connectivity index (χ3v) is 2.68. The Morgan fingerprint density at radius 3 is 2.82 bits per heavy atom. The van der Waals surface area contributed by atoms with E-state index in [1.165, 1.54) is 0 Å². The molecule has 0 spiro atoms. The second-order valence-electron chi connectivity index (χ2n) is 4.30. The standard InChI is InChI=1S/C13H20N2O2/c1-3-10-4-5-12(16)11(7-10)15-13(17)6-9(2)8-14/h4-5,7,9,16H,3,6,8,14H2,1-2H3,(H,15,17). The van der Waals surface area contributed by atoms with E-state index in [4.69, 9.17) is 5.73 Å². The van der Waals surface area contributed by atoms with E-state index >= 15 is 0 Å². The van der Waals surface area contributed by atoms with Crippen molar-refractivity contribution >= 4 is 11.6 Å². The average Bonchev–Trinajstić information content (AvgIpc) is 2.31. The highest BCUT2D eigenvalue weighted by Crippen LogP contribution is 2.24. The van der Waals surface area contributed by atoms with Gasteiger partial charge in [-0.3, -0.25) is 4.79 Å². The molecule has 0 fully saturated rings. The quantitative estimate of drug-likeness (QED) is 0.683. The average molecular weight is 236 g/mol. The molecule has 1 unspecified atom stereocenters. The van der Waals surface area contributed by atoms with Gasteiger partial charge in [0.1, 0.15) is 5.75 Å². The van der Waals surface area contributed by atoms with Gasteiger partial charge in [-0.2, -0.15) is 0 Å². The van der Waals surface area contributed by atoms with Gasteiger partial charge in [-0.1, -0.05) is 19.9 Å². The molecule has 0 radical (unpaired) electrons. The number of anilines is 1. The Bertz CT molecular complexity index is 391. The van der Waals surface area contributed by atoms with Crippen LogP contribution in [-0.2, 0) is 11.2 Å². The van der Waals surface area contributed by atoms with Crippen molar-refractivity contribution in [2.45, 2.75) is 26.7 Å². The van der Waals surface area contributed by atoms with E-state index in [-0.39, 0.29) is 17.6 Å². The van der Waals surface area contributed by atoms with Crippen LogP contribution >= 0.6 is 0 Å². The number of nitrogens with one attached hydrogen (secondary N) is 1. The minimum absolute atomic E-state index is 0.0935. The van der Waals surface area contributed by atoms with Crippen LogP contribution in [0.5, 0.6) is 5.75 Å². The summed E-state index contributed by atoms with van der Waals surface area (Å²) in [7, 11) is 0. The Balaban J connectivity index is 2.70. The monoisotopic (exact) mass is 236 g/mol. The molecule has 17 heavy (non-hydrogen) atoms. The molecule has 0 aliphatic heterocycles. The fourth-order valence-electron chi connectivity index (χ4n) is 1.50. The molecule has 0 bridgehead atoms. The lowest BCUT2D eigenvalue weighted by Crippen LogP contribution is -2.20. The Morgan fingerprint density at radius 2 is 2.24 bits per heavy atom. The third-order valence-electron chi connectivity index (χ3n) is 2.68. The first kappa shape index (κ1) is 13.5. The van der Waals surface area contributed by atoms with E-state index in [0.29, 0.717) is 18.7 Å². The van der Waals surface area contributed by atoms with Crippen LogP contribution in [0, 0.1) is 5.92 Å². The Kier molecular flexibility index (Phi) is 4.97. The topological polar surface area (TPSA) is 75.3 Å². The van der Waals surface area contributed by atoms with Crippen molar-refractivity contribution < 1.29 is 9.90 Å². The van der Waals surface area contributed by atoms with Crippen LogP contribution in [0.1, 0.15) is 25.8 Å². The van der Waals surface area contributed by atoms with Gasteiger partial charge in [0.05, 0.1) is 5.69 Å². The lowest BCUT2D eigenvalue weighted by Gasteiger charge is -2.11. The van der Waals surface area contributed by atoms with Gasteiger partial charge in [0, 0.05) is 6.42 Å². The first-order chi connectivity index (χ1) is 8.06. The molecule has 0 aliphatic rings. The maximum atomic E-state index is 11.7. The Morgan fingerprint density at radius 1 is 1.53 bits per heavy atom. The van der Waals surface area contributed by atoms with Gasteiger partial charge in [0.25, 0.3) is 0 Å². The van der Waals surface area contributed by atoms with E-state index in [1.807, 2.05) is 19.9 Å². The van der Waals surface area contributed by atoms with Crippen LogP contribution < -0.4 is 11.1 Å². The third kappa shape index (κ3) is 4.07. The largest absolute Gasteiger partial charge is 0.506 e. The number of hydrogen-bond acceptors (Lipinski definition) is 3. The lowest BCUT2D eigenvalue weighted by molar-refractivity contribution is -0.116. The zero-order valence-electron chi connectivity index (χ0n) is 10.4. The first-order valence-electron chi connectivity index (χ1n) is 5.88. The number of rotatable bonds is 5. The first-order valence-corrected chi connectivity index (χ1v) is 5.88. The second-order valence-corrected chi connectivity index (χ2v) is 4.30. The summed E-state index contributed by atoms with van der Waals surface area (Å²) in [4.78, 5) is 11.7. The van der Waals surface area contributed by atoms with Crippen molar-refractivity contribution in [3.63, 3.8) is 0 Å². The van der Waals surface area contributed by atoms with Crippen LogP contribution in [-0.4, -0.2) is 17.6 Å². The van der Waals surface area contributed by atoms with Crippen LogP contribution in [0.4, 0.5) is 5.69 Å². The minimum Gasteiger partial charge on any atom is -0.506 e. The number of hydrogen-bond donors (Lipinski definition) is 3. The van der Waals surface area contributed by atoms with E-state index in [0.717, 1.165) is 12.0 Å². The summed E-state index contributed by atoms with van der Waals surface area (Å²) in [5.74, 6) is 0.119. The second kappa shape index (κ2) is 6.25. The molecule has 4 N–H and O–H groups in total. The highest BCUT2D eigenvalue weighted by molar-refractivity contribution is 5.92. The highest BCUT2D eigenvalue weighted by Gasteiger charge is 2.10. The number of aryl methyl sites for hydroxylation is 1. The minimum atomic E-state index is -0.119. The molecule has 0 aliphatic carbocycles. The smallest absolute Gasteiger partial charge is 0.224 e. The molecule has 4 nitrogen and oxygen atoms in total. The fraction of sp³-hybridized carbons (Fsp3) is 0.462.